The molecule has 7 nitrogen and oxygen atoms in total. The van der Waals surface area contributed by atoms with Crippen LogP contribution in [-0.2, 0) is 6.42 Å². The Labute approximate surface area is 284 Å². The molecule has 2 N–H and O–H groups in total. The minimum atomic E-state index is -0.463. The zero-order chi connectivity index (χ0) is 33.2. The number of aromatic nitrogens is 2. The van der Waals surface area contributed by atoms with E-state index in [1.807, 2.05) is 48.5 Å². The van der Waals surface area contributed by atoms with Gasteiger partial charge in [0, 0.05) is 47.8 Å². The lowest BCUT2D eigenvalue weighted by molar-refractivity contribution is 0.195. The SMILES string of the molecule is CN1CCCC1COc1nc2c(F)c(-c3cc(O)cc4ccccc34)c(CCC#N)cc2c2c1c(-c1ccccc1)cn2C1C2CNC1C2. The Bertz CT molecular complexity index is 2280. The van der Waals surface area contributed by atoms with Crippen LogP contribution in [0.3, 0.4) is 0 Å². The number of halogens is 1. The van der Waals surface area contributed by atoms with E-state index in [1.165, 1.54) is 0 Å². The van der Waals surface area contributed by atoms with E-state index in [2.05, 4.69) is 46.2 Å². The van der Waals surface area contributed by atoms with Crippen LogP contribution in [0.4, 0.5) is 4.39 Å². The van der Waals surface area contributed by atoms with Crippen molar-refractivity contribution in [3.05, 3.63) is 90.4 Å². The second-order valence-corrected chi connectivity index (χ2v) is 14.0. The van der Waals surface area contributed by atoms with Crippen molar-refractivity contribution < 1.29 is 14.2 Å². The van der Waals surface area contributed by atoms with Crippen molar-refractivity contribution in [3.8, 4) is 40.0 Å². The molecule has 8 heteroatoms. The van der Waals surface area contributed by atoms with Gasteiger partial charge in [0.1, 0.15) is 17.9 Å². The molecule has 4 atom stereocenters. The number of nitriles is 1. The number of likely N-dealkylation sites (tertiary alicyclic amines) is 1. The second-order valence-electron chi connectivity index (χ2n) is 14.0. The van der Waals surface area contributed by atoms with Crippen LogP contribution in [0.2, 0.25) is 0 Å². The van der Waals surface area contributed by atoms with Gasteiger partial charge in [-0.25, -0.2) is 9.37 Å². The fourth-order valence-electron chi connectivity index (χ4n) is 8.75. The molecule has 1 saturated carbocycles. The summed E-state index contributed by atoms with van der Waals surface area (Å²) in [6.45, 7) is 2.46. The van der Waals surface area contributed by atoms with Crippen molar-refractivity contribution in [3.63, 3.8) is 0 Å². The molecule has 3 saturated heterocycles. The number of nitrogens with one attached hydrogen (secondary N) is 1. The third kappa shape index (κ3) is 4.86. The van der Waals surface area contributed by atoms with Crippen LogP contribution in [0.5, 0.6) is 11.6 Å². The van der Waals surface area contributed by atoms with E-state index < -0.39 is 5.82 Å². The molecule has 0 amide bonds. The molecule has 4 fully saturated rings. The molecular formula is C41H38FN5O2. The predicted molar refractivity (Wildman–Crippen MR) is 191 cm³/mol. The number of aryl methyl sites for hydroxylation is 1. The van der Waals surface area contributed by atoms with Gasteiger partial charge in [0.15, 0.2) is 5.82 Å². The molecule has 246 valence electrons. The lowest BCUT2D eigenvalue weighted by Gasteiger charge is -2.36. The number of ether oxygens (including phenoxy) is 1. The second kappa shape index (κ2) is 11.9. The lowest BCUT2D eigenvalue weighted by atomic mass is 9.80. The summed E-state index contributed by atoms with van der Waals surface area (Å²) in [6.07, 6.45) is 6.11. The molecular weight excluding hydrogens is 613 g/mol. The number of pyridine rings is 1. The fourth-order valence-corrected chi connectivity index (χ4v) is 8.75. The first-order valence-electron chi connectivity index (χ1n) is 17.4. The summed E-state index contributed by atoms with van der Waals surface area (Å²) in [4.78, 5) is 7.41. The van der Waals surface area contributed by atoms with E-state index in [9.17, 15) is 10.4 Å². The van der Waals surface area contributed by atoms with Crippen molar-refractivity contribution in [2.45, 2.75) is 50.2 Å². The molecule has 1 aliphatic carbocycles. The zero-order valence-corrected chi connectivity index (χ0v) is 27.5. The third-order valence-corrected chi connectivity index (χ3v) is 11.2. The molecule has 2 aromatic heterocycles. The summed E-state index contributed by atoms with van der Waals surface area (Å²) >= 11 is 0. The molecule has 3 aliphatic heterocycles. The van der Waals surface area contributed by atoms with Crippen LogP contribution in [0, 0.1) is 23.1 Å². The molecule has 10 rings (SSSR count). The number of phenols is 1. The number of benzene rings is 4. The minimum Gasteiger partial charge on any atom is -0.508 e. The lowest BCUT2D eigenvalue weighted by Crippen LogP contribution is -2.38. The Morgan fingerprint density at radius 3 is 2.65 bits per heavy atom. The highest BCUT2D eigenvalue weighted by atomic mass is 19.1. The monoisotopic (exact) mass is 651 g/mol. The number of aromatic hydroxyl groups is 1. The molecule has 0 radical (unpaired) electrons. The Morgan fingerprint density at radius 2 is 1.90 bits per heavy atom. The maximum atomic E-state index is 17.6. The quantitative estimate of drug-likeness (QED) is 0.174. The summed E-state index contributed by atoms with van der Waals surface area (Å²) < 4.78 is 26.7. The number of nitrogens with zero attached hydrogens (tertiary/aromatic N) is 4. The van der Waals surface area contributed by atoms with Crippen LogP contribution in [-0.4, -0.2) is 58.4 Å². The Kier molecular flexibility index (Phi) is 7.29. The first kappa shape index (κ1) is 30.1. The van der Waals surface area contributed by atoms with Crippen LogP contribution < -0.4 is 10.1 Å². The van der Waals surface area contributed by atoms with Gasteiger partial charge in [-0.05, 0) is 90.9 Å². The van der Waals surface area contributed by atoms with Crippen molar-refractivity contribution in [1.29, 1.82) is 5.26 Å². The number of rotatable bonds is 8. The van der Waals surface area contributed by atoms with Gasteiger partial charge in [-0.1, -0.05) is 54.6 Å². The fraction of sp³-hybridized carbons (Fsp3) is 0.317. The van der Waals surface area contributed by atoms with Crippen LogP contribution in [0.1, 0.15) is 37.3 Å². The van der Waals surface area contributed by atoms with Crippen molar-refractivity contribution in [2.24, 2.45) is 5.92 Å². The van der Waals surface area contributed by atoms with Crippen LogP contribution in [0.15, 0.2) is 79.0 Å². The number of fused-ring (bicyclic) bond motifs is 5. The third-order valence-electron chi connectivity index (χ3n) is 11.2. The van der Waals surface area contributed by atoms with Crippen molar-refractivity contribution in [2.75, 3.05) is 26.7 Å². The molecule has 6 aromatic rings. The summed E-state index contributed by atoms with van der Waals surface area (Å²) in [6, 6.07) is 26.5. The molecule has 4 aliphatic rings. The van der Waals surface area contributed by atoms with E-state index in [-0.39, 0.29) is 29.8 Å². The summed E-state index contributed by atoms with van der Waals surface area (Å²) in [5, 5.41) is 27.4. The average molecular weight is 652 g/mol. The van der Waals surface area contributed by atoms with Gasteiger partial charge in [0.05, 0.1) is 23.0 Å². The number of phenolic OH excluding ortho intramolecular Hbond substituents is 1. The van der Waals surface area contributed by atoms with E-state index in [0.29, 0.717) is 47.4 Å². The molecule has 5 heterocycles. The van der Waals surface area contributed by atoms with Gasteiger partial charge < -0.3 is 24.6 Å². The van der Waals surface area contributed by atoms with Gasteiger partial charge in [0.2, 0.25) is 5.88 Å². The maximum Gasteiger partial charge on any atom is 0.224 e. The average Bonchev–Trinajstić information content (AvgIpc) is 3.92. The number of hydrogen-bond donors (Lipinski definition) is 2. The Balaban J connectivity index is 1.37. The smallest absolute Gasteiger partial charge is 0.224 e. The van der Waals surface area contributed by atoms with Gasteiger partial charge in [-0.3, -0.25) is 0 Å². The highest BCUT2D eigenvalue weighted by Crippen LogP contribution is 2.50. The van der Waals surface area contributed by atoms with Gasteiger partial charge in [-0.15, -0.1) is 0 Å². The highest BCUT2D eigenvalue weighted by Gasteiger charge is 2.48. The minimum absolute atomic E-state index is 0.0573. The molecule has 4 unspecified atom stereocenters. The molecule has 4 aromatic carbocycles. The van der Waals surface area contributed by atoms with Crippen molar-refractivity contribution in [1.82, 2.24) is 19.8 Å². The highest BCUT2D eigenvalue weighted by molar-refractivity contribution is 6.14. The van der Waals surface area contributed by atoms with Gasteiger partial charge >= 0.3 is 0 Å². The molecule has 49 heavy (non-hydrogen) atoms. The largest absolute Gasteiger partial charge is 0.508 e. The van der Waals surface area contributed by atoms with E-state index in [4.69, 9.17) is 9.72 Å². The first-order valence-corrected chi connectivity index (χ1v) is 17.4. The van der Waals surface area contributed by atoms with Gasteiger partial charge in [-0.2, -0.15) is 5.26 Å². The topological polar surface area (TPSA) is 86.3 Å². The first-order chi connectivity index (χ1) is 24.0. The van der Waals surface area contributed by atoms with Crippen molar-refractivity contribution >= 4 is 32.6 Å². The number of likely N-dealkylation sites (N-methyl/N-ethyl adjacent to an activating group) is 1. The Hall–Kier alpha value is -4.97. The predicted octanol–water partition coefficient (Wildman–Crippen LogP) is 7.98. The zero-order valence-electron chi connectivity index (χ0n) is 27.5. The maximum absolute atomic E-state index is 17.6. The van der Waals surface area contributed by atoms with Crippen LogP contribution >= 0.6 is 0 Å². The van der Waals surface area contributed by atoms with E-state index in [1.54, 1.807) is 12.1 Å². The molecule has 2 bridgehead atoms. The van der Waals surface area contributed by atoms with E-state index >= 15 is 4.39 Å². The normalized spacial score (nSPS) is 21.8. The number of hydrogen-bond acceptors (Lipinski definition) is 6. The molecule has 0 spiro atoms. The van der Waals surface area contributed by atoms with Gasteiger partial charge in [0.25, 0.3) is 0 Å². The standard InChI is InChI=1S/C41H38FN5O2/c1-46-16-8-13-28(46)23-49-41-36-33(24-9-3-2-4-10-24)22-47(39-27-19-34(39)44-21-27)40(36)32-18-26(12-7-15-43)35(37(42)38(32)45-41)31-20-29(48)17-25-11-5-6-14-30(25)31/h2-6,9-11,14,17-18,20,22,27-28,34,39,44,48H,7-8,12-13,16,19,21,23H2,1H3. The Morgan fingerprint density at radius 1 is 1.06 bits per heavy atom. The van der Waals surface area contributed by atoms with Crippen LogP contribution in [0.25, 0.3) is 54.8 Å². The summed E-state index contributed by atoms with van der Waals surface area (Å²) in [5.74, 6) is 0.525. The summed E-state index contributed by atoms with van der Waals surface area (Å²) in [5.41, 5.74) is 4.92. The summed E-state index contributed by atoms with van der Waals surface area (Å²) in [7, 11) is 2.13. The van der Waals surface area contributed by atoms with E-state index in [0.717, 1.165) is 70.7 Å².